The molecule has 0 radical (unpaired) electrons. The van der Waals surface area contributed by atoms with Gasteiger partial charge in [0.25, 0.3) is 0 Å². The third kappa shape index (κ3) is 3.03. The van der Waals surface area contributed by atoms with Gasteiger partial charge in [-0.2, -0.15) is 0 Å². The van der Waals surface area contributed by atoms with Gasteiger partial charge in [-0.15, -0.1) is 0 Å². The first kappa shape index (κ1) is 10.6. The minimum Gasteiger partial charge on any atom is -0.314 e. The molecule has 0 heterocycles. The zero-order valence-corrected chi connectivity index (χ0v) is 9.17. The molecule has 15 heavy (non-hydrogen) atoms. The van der Waals surface area contributed by atoms with Crippen LogP contribution in [0.5, 0.6) is 0 Å². The molecule has 1 fully saturated rings. The van der Waals surface area contributed by atoms with E-state index in [0.717, 1.165) is 24.4 Å². The van der Waals surface area contributed by atoms with Crippen molar-refractivity contribution in [3.8, 4) is 0 Å². The summed E-state index contributed by atoms with van der Waals surface area (Å²) in [5, 5.41) is 3.49. The fourth-order valence-electron chi connectivity index (χ4n) is 2.08. The first-order valence-electron chi connectivity index (χ1n) is 5.77. The van der Waals surface area contributed by atoms with Crippen LogP contribution in [0.3, 0.4) is 0 Å². The molecule has 1 nitrogen and oxygen atoms in total. The average molecular weight is 207 g/mol. The summed E-state index contributed by atoms with van der Waals surface area (Å²) in [6.07, 6.45) is 3.61. The zero-order chi connectivity index (χ0) is 10.7. The van der Waals surface area contributed by atoms with E-state index in [0.29, 0.717) is 6.04 Å². The van der Waals surface area contributed by atoms with Crippen molar-refractivity contribution < 1.29 is 4.39 Å². The largest absolute Gasteiger partial charge is 0.314 e. The maximum Gasteiger partial charge on any atom is 0.123 e. The molecule has 1 N–H and O–H groups in total. The van der Waals surface area contributed by atoms with Gasteiger partial charge in [-0.1, -0.05) is 19.1 Å². The van der Waals surface area contributed by atoms with Crippen molar-refractivity contribution in [3.63, 3.8) is 0 Å². The Kier molecular flexibility index (Phi) is 3.37. The number of halogens is 1. The lowest BCUT2D eigenvalue weighted by atomic mass is 10.0. The molecule has 2 rings (SSSR count). The number of rotatable bonds is 5. The van der Waals surface area contributed by atoms with Gasteiger partial charge in [0.2, 0.25) is 0 Å². The highest BCUT2D eigenvalue weighted by molar-refractivity contribution is 5.18. The Balaban J connectivity index is 1.98. The van der Waals surface area contributed by atoms with E-state index in [4.69, 9.17) is 0 Å². The number of hydrogen-bond acceptors (Lipinski definition) is 1. The summed E-state index contributed by atoms with van der Waals surface area (Å²) in [5.74, 6) is 0.687. The van der Waals surface area contributed by atoms with E-state index in [1.54, 1.807) is 12.1 Å². The maximum atomic E-state index is 13.0. The Morgan fingerprint density at radius 3 is 2.87 bits per heavy atom. The number of nitrogens with one attached hydrogen (secondary N) is 1. The van der Waals surface area contributed by atoms with Crippen LogP contribution in [-0.2, 0) is 6.42 Å². The van der Waals surface area contributed by atoms with E-state index in [1.165, 1.54) is 18.9 Å². The highest BCUT2D eigenvalue weighted by Crippen LogP contribution is 2.34. The minimum absolute atomic E-state index is 0.126. The zero-order valence-electron chi connectivity index (χ0n) is 9.17. The van der Waals surface area contributed by atoms with E-state index >= 15 is 0 Å². The second kappa shape index (κ2) is 4.75. The SMILES string of the molecule is CCNC(Cc1cccc(F)c1)C1CC1. The van der Waals surface area contributed by atoms with E-state index in [1.807, 2.05) is 6.07 Å². The van der Waals surface area contributed by atoms with Crippen molar-refractivity contribution in [3.05, 3.63) is 35.6 Å². The second-order valence-corrected chi connectivity index (χ2v) is 4.34. The van der Waals surface area contributed by atoms with Crippen LogP contribution in [0.15, 0.2) is 24.3 Å². The smallest absolute Gasteiger partial charge is 0.123 e. The summed E-state index contributed by atoms with van der Waals surface area (Å²) in [6, 6.07) is 7.49. The minimum atomic E-state index is -0.126. The molecule has 0 spiro atoms. The molecule has 1 aromatic carbocycles. The average Bonchev–Trinajstić information content (AvgIpc) is 3.00. The maximum absolute atomic E-state index is 13.0. The van der Waals surface area contributed by atoms with E-state index in [-0.39, 0.29) is 5.82 Å². The lowest BCUT2D eigenvalue weighted by molar-refractivity contribution is 0.471. The summed E-state index contributed by atoms with van der Waals surface area (Å²) in [5.41, 5.74) is 1.10. The lowest BCUT2D eigenvalue weighted by Gasteiger charge is -2.17. The van der Waals surface area contributed by atoms with E-state index in [2.05, 4.69) is 12.2 Å². The van der Waals surface area contributed by atoms with Gasteiger partial charge < -0.3 is 5.32 Å². The molecule has 0 bridgehead atoms. The predicted molar refractivity (Wildman–Crippen MR) is 60.3 cm³/mol. The lowest BCUT2D eigenvalue weighted by Crippen LogP contribution is -2.32. The molecule has 0 saturated heterocycles. The van der Waals surface area contributed by atoms with Crippen LogP contribution < -0.4 is 5.32 Å². The Labute approximate surface area is 90.7 Å². The standard InChI is InChI=1S/C13H18FN/c1-2-15-13(11-6-7-11)9-10-4-3-5-12(14)8-10/h3-5,8,11,13,15H,2,6-7,9H2,1H3. The molecular formula is C13H18FN. The van der Waals surface area contributed by atoms with E-state index < -0.39 is 0 Å². The monoisotopic (exact) mass is 207 g/mol. The predicted octanol–water partition coefficient (Wildman–Crippen LogP) is 2.76. The van der Waals surface area contributed by atoms with Crippen LogP contribution in [-0.4, -0.2) is 12.6 Å². The highest BCUT2D eigenvalue weighted by Gasteiger charge is 2.30. The first-order valence-corrected chi connectivity index (χ1v) is 5.77. The fourth-order valence-corrected chi connectivity index (χ4v) is 2.08. The molecule has 1 aromatic rings. The summed E-state index contributed by atoms with van der Waals surface area (Å²) < 4.78 is 13.0. The molecule has 1 unspecified atom stereocenters. The van der Waals surface area contributed by atoms with Gasteiger partial charge in [0.05, 0.1) is 0 Å². The van der Waals surface area contributed by atoms with Crippen molar-refractivity contribution in [1.82, 2.24) is 5.32 Å². The van der Waals surface area contributed by atoms with Gasteiger partial charge in [-0.3, -0.25) is 0 Å². The molecular weight excluding hydrogens is 189 g/mol. The molecule has 0 aliphatic heterocycles. The molecule has 0 amide bonds. The van der Waals surface area contributed by atoms with Crippen molar-refractivity contribution in [1.29, 1.82) is 0 Å². The highest BCUT2D eigenvalue weighted by atomic mass is 19.1. The molecule has 82 valence electrons. The van der Waals surface area contributed by atoms with Crippen LogP contribution >= 0.6 is 0 Å². The van der Waals surface area contributed by atoms with Gasteiger partial charge in [-0.05, 0) is 49.4 Å². The molecule has 2 heteroatoms. The van der Waals surface area contributed by atoms with Crippen LogP contribution in [0.25, 0.3) is 0 Å². The fraction of sp³-hybridized carbons (Fsp3) is 0.538. The first-order chi connectivity index (χ1) is 7.29. The van der Waals surface area contributed by atoms with Gasteiger partial charge in [0.1, 0.15) is 5.82 Å². The van der Waals surface area contributed by atoms with Gasteiger partial charge >= 0.3 is 0 Å². The molecule has 1 atom stereocenters. The Morgan fingerprint density at radius 1 is 1.47 bits per heavy atom. The van der Waals surface area contributed by atoms with Crippen LogP contribution in [0, 0.1) is 11.7 Å². The quantitative estimate of drug-likeness (QED) is 0.783. The summed E-state index contributed by atoms with van der Waals surface area (Å²) in [6.45, 7) is 3.12. The van der Waals surface area contributed by atoms with E-state index in [9.17, 15) is 4.39 Å². The van der Waals surface area contributed by atoms with Crippen LogP contribution in [0.4, 0.5) is 4.39 Å². The second-order valence-electron chi connectivity index (χ2n) is 4.34. The Hall–Kier alpha value is -0.890. The third-order valence-electron chi connectivity index (χ3n) is 3.00. The van der Waals surface area contributed by atoms with Crippen LogP contribution in [0.2, 0.25) is 0 Å². The van der Waals surface area contributed by atoms with Crippen molar-refractivity contribution >= 4 is 0 Å². The summed E-state index contributed by atoms with van der Waals surface area (Å²) in [7, 11) is 0. The van der Waals surface area contributed by atoms with Gasteiger partial charge in [-0.25, -0.2) is 4.39 Å². The van der Waals surface area contributed by atoms with Crippen molar-refractivity contribution in [2.24, 2.45) is 5.92 Å². The number of likely N-dealkylation sites (N-methyl/N-ethyl adjacent to an activating group) is 1. The molecule has 0 aromatic heterocycles. The van der Waals surface area contributed by atoms with Gasteiger partial charge in [0.15, 0.2) is 0 Å². The number of hydrogen-bond donors (Lipinski definition) is 1. The third-order valence-corrected chi connectivity index (χ3v) is 3.00. The summed E-state index contributed by atoms with van der Waals surface area (Å²) in [4.78, 5) is 0. The molecule has 1 saturated carbocycles. The normalized spacial score (nSPS) is 17.7. The topological polar surface area (TPSA) is 12.0 Å². The Bertz CT molecular complexity index is 320. The number of benzene rings is 1. The van der Waals surface area contributed by atoms with Crippen molar-refractivity contribution in [2.75, 3.05) is 6.54 Å². The Morgan fingerprint density at radius 2 is 2.27 bits per heavy atom. The summed E-state index contributed by atoms with van der Waals surface area (Å²) >= 11 is 0. The van der Waals surface area contributed by atoms with Crippen LogP contribution in [0.1, 0.15) is 25.3 Å². The van der Waals surface area contributed by atoms with Crippen molar-refractivity contribution in [2.45, 2.75) is 32.2 Å². The molecule has 1 aliphatic carbocycles. The van der Waals surface area contributed by atoms with Gasteiger partial charge in [0, 0.05) is 6.04 Å². The molecule has 1 aliphatic rings.